The second-order valence-corrected chi connectivity index (χ2v) is 6.68. The highest BCUT2D eigenvalue weighted by Crippen LogP contribution is 2.31. The van der Waals surface area contributed by atoms with Gasteiger partial charge in [0.05, 0.1) is 0 Å². The van der Waals surface area contributed by atoms with Crippen LogP contribution in [0.3, 0.4) is 0 Å². The summed E-state index contributed by atoms with van der Waals surface area (Å²) in [6, 6.07) is 12.1. The lowest BCUT2D eigenvalue weighted by molar-refractivity contribution is 0.0980. The Morgan fingerprint density at radius 3 is 2.68 bits per heavy atom. The predicted molar refractivity (Wildman–Crippen MR) is 95.0 cm³/mol. The molecule has 0 atom stereocenters. The Labute approximate surface area is 139 Å². The van der Waals surface area contributed by atoms with Gasteiger partial charge in [-0.3, -0.25) is 4.79 Å². The third-order valence-electron chi connectivity index (χ3n) is 4.22. The highest BCUT2D eigenvalue weighted by atomic mass is 79.9. The van der Waals surface area contributed by atoms with Crippen molar-refractivity contribution in [2.24, 2.45) is 0 Å². The van der Waals surface area contributed by atoms with E-state index in [2.05, 4.69) is 26.9 Å². The molecule has 0 spiro atoms. The molecule has 0 fully saturated rings. The van der Waals surface area contributed by atoms with E-state index in [0.29, 0.717) is 0 Å². The normalized spacial score (nSPS) is 14.0. The van der Waals surface area contributed by atoms with Crippen LogP contribution in [0.4, 0.5) is 11.4 Å². The minimum Gasteiger partial charge on any atom is -0.378 e. The zero-order chi connectivity index (χ0) is 15.9. The average Bonchev–Trinajstić information content (AvgIpc) is 2.50. The minimum atomic E-state index is 0.0905. The first-order valence-corrected chi connectivity index (χ1v) is 8.15. The molecule has 4 heteroatoms. The maximum absolute atomic E-state index is 12.9. The van der Waals surface area contributed by atoms with E-state index in [0.717, 1.165) is 45.5 Å². The fourth-order valence-electron chi connectivity index (χ4n) is 2.87. The van der Waals surface area contributed by atoms with Crippen molar-refractivity contribution in [2.75, 3.05) is 30.4 Å². The van der Waals surface area contributed by atoms with Gasteiger partial charge in [-0.25, -0.2) is 0 Å². The summed E-state index contributed by atoms with van der Waals surface area (Å²) in [7, 11) is 4.03. The fraction of sp³-hybridized carbons (Fsp3) is 0.278. The summed E-state index contributed by atoms with van der Waals surface area (Å²) in [5.41, 5.74) is 5.18. The Hall–Kier alpha value is -1.81. The Morgan fingerprint density at radius 2 is 1.95 bits per heavy atom. The third-order valence-corrected chi connectivity index (χ3v) is 5.07. The zero-order valence-corrected chi connectivity index (χ0v) is 14.6. The van der Waals surface area contributed by atoms with E-state index in [1.165, 1.54) is 0 Å². The van der Waals surface area contributed by atoms with Crippen LogP contribution in [0.25, 0.3) is 0 Å². The topological polar surface area (TPSA) is 23.6 Å². The molecule has 2 aromatic rings. The van der Waals surface area contributed by atoms with Gasteiger partial charge in [0.25, 0.3) is 5.91 Å². The number of halogens is 1. The second kappa shape index (κ2) is 5.76. The van der Waals surface area contributed by atoms with E-state index in [-0.39, 0.29) is 5.91 Å². The van der Waals surface area contributed by atoms with Crippen LogP contribution >= 0.6 is 15.9 Å². The van der Waals surface area contributed by atoms with Gasteiger partial charge in [0.1, 0.15) is 0 Å². The molecule has 2 aromatic carbocycles. The Bertz CT molecular complexity index is 740. The molecule has 0 N–H and O–H groups in total. The molecule has 1 aliphatic rings. The Morgan fingerprint density at radius 1 is 1.18 bits per heavy atom. The molecule has 0 bridgehead atoms. The minimum absolute atomic E-state index is 0.0905. The first kappa shape index (κ1) is 15.1. The standard InChI is InChI=1S/C18H19BrN2O/c1-12-16(19)5-4-6-17(12)21-10-9-13-11-14(20(2)3)7-8-15(13)18(21)22/h4-8,11H,9-10H2,1-3H3. The molecule has 3 rings (SSSR count). The number of nitrogens with zero attached hydrogens (tertiary/aromatic N) is 2. The maximum Gasteiger partial charge on any atom is 0.258 e. The van der Waals surface area contributed by atoms with Crippen molar-refractivity contribution in [1.29, 1.82) is 0 Å². The molecule has 22 heavy (non-hydrogen) atoms. The number of anilines is 2. The molecule has 114 valence electrons. The van der Waals surface area contributed by atoms with Gasteiger partial charge in [-0.05, 0) is 54.8 Å². The van der Waals surface area contributed by atoms with Gasteiger partial charge in [-0.2, -0.15) is 0 Å². The van der Waals surface area contributed by atoms with Crippen molar-refractivity contribution in [3.05, 3.63) is 57.6 Å². The number of carbonyl (C=O) groups is 1. The first-order valence-electron chi connectivity index (χ1n) is 7.36. The molecule has 1 aliphatic heterocycles. The highest BCUT2D eigenvalue weighted by Gasteiger charge is 2.26. The van der Waals surface area contributed by atoms with Crippen LogP contribution in [0.1, 0.15) is 21.5 Å². The fourth-order valence-corrected chi connectivity index (χ4v) is 3.23. The molecule has 0 radical (unpaired) electrons. The van der Waals surface area contributed by atoms with Gasteiger partial charge >= 0.3 is 0 Å². The monoisotopic (exact) mass is 358 g/mol. The SMILES string of the molecule is Cc1c(Br)cccc1N1CCc2cc(N(C)C)ccc2C1=O. The first-order chi connectivity index (χ1) is 10.5. The Balaban J connectivity index is 2.00. The van der Waals surface area contributed by atoms with Crippen LogP contribution in [0.5, 0.6) is 0 Å². The number of hydrogen-bond donors (Lipinski definition) is 0. The van der Waals surface area contributed by atoms with E-state index in [4.69, 9.17) is 0 Å². The lowest BCUT2D eigenvalue weighted by Crippen LogP contribution is -2.38. The Kier molecular flexibility index (Phi) is 3.96. The lowest BCUT2D eigenvalue weighted by Gasteiger charge is -2.30. The van der Waals surface area contributed by atoms with E-state index < -0.39 is 0 Å². The molecule has 1 amide bonds. The number of carbonyl (C=O) groups excluding carboxylic acids is 1. The van der Waals surface area contributed by atoms with Gasteiger partial charge in [0, 0.05) is 42.1 Å². The van der Waals surface area contributed by atoms with E-state index >= 15 is 0 Å². The molecule has 0 aliphatic carbocycles. The van der Waals surface area contributed by atoms with Crippen molar-refractivity contribution >= 4 is 33.2 Å². The van der Waals surface area contributed by atoms with Crippen LogP contribution in [-0.4, -0.2) is 26.5 Å². The molecule has 0 saturated heterocycles. The molecule has 1 heterocycles. The quantitative estimate of drug-likeness (QED) is 0.809. The summed E-state index contributed by atoms with van der Waals surface area (Å²) in [6.07, 6.45) is 0.884. The summed E-state index contributed by atoms with van der Waals surface area (Å²) < 4.78 is 1.03. The van der Waals surface area contributed by atoms with Gasteiger partial charge in [-0.1, -0.05) is 22.0 Å². The number of hydrogen-bond acceptors (Lipinski definition) is 2. The predicted octanol–water partition coefficient (Wildman–Crippen LogP) is 4.03. The molecule has 0 saturated carbocycles. The molecule has 0 unspecified atom stereocenters. The number of amides is 1. The molecule has 0 aromatic heterocycles. The lowest BCUT2D eigenvalue weighted by atomic mass is 9.97. The molecular weight excluding hydrogens is 340 g/mol. The van der Waals surface area contributed by atoms with Gasteiger partial charge in [-0.15, -0.1) is 0 Å². The number of benzene rings is 2. The molecule has 3 nitrogen and oxygen atoms in total. The maximum atomic E-state index is 12.9. The van der Waals surface area contributed by atoms with Crippen molar-refractivity contribution in [3.8, 4) is 0 Å². The van der Waals surface area contributed by atoms with Crippen molar-refractivity contribution in [3.63, 3.8) is 0 Å². The van der Waals surface area contributed by atoms with Crippen molar-refractivity contribution < 1.29 is 4.79 Å². The summed E-state index contributed by atoms with van der Waals surface area (Å²) in [5.74, 6) is 0.0905. The average molecular weight is 359 g/mol. The van der Waals surface area contributed by atoms with E-state index in [1.807, 2.05) is 56.3 Å². The van der Waals surface area contributed by atoms with Crippen LogP contribution in [0.2, 0.25) is 0 Å². The summed E-state index contributed by atoms with van der Waals surface area (Å²) >= 11 is 3.55. The van der Waals surface area contributed by atoms with Crippen LogP contribution in [-0.2, 0) is 6.42 Å². The second-order valence-electron chi connectivity index (χ2n) is 5.83. The number of fused-ring (bicyclic) bond motifs is 1. The van der Waals surface area contributed by atoms with Crippen LogP contribution in [0.15, 0.2) is 40.9 Å². The van der Waals surface area contributed by atoms with Crippen molar-refractivity contribution in [1.82, 2.24) is 0 Å². The smallest absolute Gasteiger partial charge is 0.258 e. The van der Waals surface area contributed by atoms with Gasteiger partial charge in [0.2, 0.25) is 0 Å². The van der Waals surface area contributed by atoms with Crippen molar-refractivity contribution in [2.45, 2.75) is 13.3 Å². The van der Waals surface area contributed by atoms with Crippen LogP contribution in [0, 0.1) is 6.92 Å². The van der Waals surface area contributed by atoms with E-state index in [9.17, 15) is 4.79 Å². The zero-order valence-electron chi connectivity index (χ0n) is 13.1. The van der Waals surface area contributed by atoms with E-state index in [1.54, 1.807) is 0 Å². The summed E-state index contributed by atoms with van der Waals surface area (Å²) in [4.78, 5) is 16.8. The number of rotatable bonds is 2. The summed E-state index contributed by atoms with van der Waals surface area (Å²) in [6.45, 7) is 2.76. The highest BCUT2D eigenvalue weighted by molar-refractivity contribution is 9.10. The van der Waals surface area contributed by atoms with Gasteiger partial charge < -0.3 is 9.80 Å². The third kappa shape index (κ3) is 2.52. The van der Waals surface area contributed by atoms with Gasteiger partial charge in [0.15, 0.2) is 0 Å². The molecular formula is C18H19BrN2O. The van der Waals surface area contributed by atoms with Crippen LogP contribution < -0.4 is 9.80 Å². The summed E-state index contributed by atoms with van der Waals surface area (Å²) in [5, 5.41) is 0. The largest absolute Gasteiger partial charge is 0.378 e.